The number of piperidine rings is 1. The van der Waals surface area contributed by atoms with Crippen LogP contribution in [0.3, 0.4) is 0 Å². The summed E-state index contributed by atoms with van der Waals surface area (Å²) >= 11 is 1.45. The average Bonchev–Trinajstić information content (AvgIpc) is 2.91. The summed E-state index contributed by atoms with van der Waals surface area (Å²) in [6, 6.07) is 1.82. The predicted octanol–water partition coefficient (Wildman–Crippen LogP) is 2.43. The number of esters is 1. The monoisotopic (exact) mass is 310 g/mol. The molecular formula is C15H22N2O3S. The van der Waals surface area contributed by atoms with Crippen LogP contribution in [-0.4, -0.2) is 31.6 Å². The van der Waals surface area contributed by atoms with Gasteiger partial charge in [-0.1, -0.05) is 6.92 Å². The number of carbonyl (C=O) groups is 2. The molecule has 6 heteroatoms. The van der Waals surface area contributed by atoms with Crippen LogP contribution >= 0.6 is 11.3 Å². The zero-order valence-electron chi connectivity index (χ0n) is 12.5. The molecular weight excluding hydrogens is 288 g/mol. The minimum atomic E-state index is -0.370. The second-order valence-electron chi connectivity index (χ2n) is 5.06. The molecule has 21 heavy (non-hydrogen) atoms. The Labute approximate surface area is 129 Å². The highest BCUT2D eigenvalue weighted by atomic mass is 32.1. The number of rotatable bonds is 5. The molecule has 1 atom stereocenters. The third-order valence-electron chi connectivity index (χ3n) is 3.53. The number of amides is 1. The molecule has 1 saturated heterocycles. The molecule has 1 fully saturated rings. The SMILES string of the molecule is CCOC(=O)c1cc(CC)sc1NC(=O)C1CCCNC1. The van der Waals surface area contributed by atoms with Crippen molar-refractivity contribution in [1.29, 1.82) is 0 Å². The van der Waals surface area contributed by atoms with Crippen molar-refractivity contribution in [3.63, 3.8) is 0 Å². The first-order valence-corrected chi connectivity index (χ1v) is 8.28. The Kier molecular flexibility index (Phi) is 5.76. The maximum absolute atomic E-state index is 12.3. The van der Waals surface area contributed by atoms with Crippen LogP contribution in [0.2, 0.25) is 0 Å². The summed E-state index contributed by atoms with van der Waals surface area (Å²) in [7, 11) is 0. The summed E-state index contributed by atoms with van der Waals surface area (Å²) in [6.07, 6.45) is 2.73. The van der Waals surface area contributed by atoms with Gasteiger partial charge in [-0.15, -0.1) is 11.3 Å². The standard InChI is InChI=1S/C15H22N2O3S/c1-3-11-8-12(15(19)20-4-2)14(21-11)17-13(18)10-6-5-7-16-9-10/h8,10,16H,3-7,9H2,1-2H3,(H,17,18). The van der Waals surface area contributed by atoms with Crippen molar-refractivity contribution in [3.05, 3.63) is 16.5 Å². The smallest absolute Gasteiger partial charge is 0.341 e. The van der Waals surface area contributed by atoms with Crippen molar-refractivity contribution < 1.29 is 14.3 Å². The highest BCUT2D eigenvalue weighted by Crippen LogP contribution is 2.30. The number of anilines is 1. The van der Waals surface area contributed by atoms with Crippen molar-refractivity contribution in [2.24, 2.45) is 5.92 Å². The lowest BCUT2D eigenvalue weighted by molar-refractivity contribution is -0.120. The van der Waals surface area contributed by atoms with Gasteiger partial charge in [0.05, 0.1) is 18.1 Å². The number of hydrogen-bond donors (Lipinski definition) is 2. The van der Waals surface area contributed by atoms with Gasteiger partial charge in [0, 0.05) is 11.4 Å². The summed E-state index contributed by atoms with van der Waals surface area (Å²) in [5.74, 6) is -0.413. The van der Waals surface area contributed by atoms with Crippen molar-refractivity contribution in [3.8, 4) is 0 Å². The van der Waals surface area contributed by atoms with E-state index in [1.165, 1.54) is 11.3 Å². The molecule has 116 valence electrons. The van der Waals surface area contributed by atoms with Crippen LogP contribution in [0.5, 0.6) is 0 Å². The molecule has 1 aliphatic heterocycles. The summed E-state index contributed by atoms with van der Waals surface area (Å²) in [5, 5.41) is 6.75. The molecule has 1 unspecified atom stereocenters. The molecule has 2 rings (SSSR count). The first kappa shape index (κ1) is 16.0. The first-order valence-electron chi connectivity index (χ1n) is 7.47. The number of hydrogen-bond acceptors (Lipinski definition) is 5. The Morgan fingerprint density at radius 1 is 1.48 bits per heavy atom. The maximum atomic E-state index is 12.3. The fourth-order valence-electron chi connectivity index (χ4n) is 2.36. The molecule has 2 heterocycles. The van der Waals surface area contributed by atoms with Crippen LogP contribution in [0.15, 0.2) is 6.07 Å². The van der Waals surface area contributed by atoms with Gasteiger partial charge in [0.15, 0.2) is 0 Å². The van der Waals surface area contributed by atoms with Crippen LogP contribution in [-0.2, 0) is 16.0 Å². The summed E-state index contributed by atoms with van der Waals surface area (Å²) in [5.41, 5.74) is 0.468. The van der Waals surface area contributed by atoms with Crippen LogP contribution < -0.4 is 10.6 Å². The highest BCUT2D eigenvalue weighted by molar-refractivity contribution is 7.16. The molecule has 5 nitrogen and oxygen atoms in total. The van der Waals surface area contributed by atoms with E-state index in [0.29, 0.717) is 23.7 Å². The average molecular weight is 310 g/mol. The predicted molar refractivity (Wildman–Crippen MR) is 83.9 cm³/mol. The quantitative estimate of drug-likeness (QED) is 0.820. The van der Waals surface area contributed by atoms with Gasteiger partial charge >= 0.3 is 5.97 Å². The van der Waals surface area contributed by atoms with E-state index in [1.54, 1.807) is 6.92 Å². The van der Waals surface area contributed by atoms with E-state index < -0.39 is 0 Å². The third-order valence-corrected chi connectivity index (χ3v) is 4.73. The minimum absolute atomic E-state index is 0.0164. The van der Waals surface area contributed by atoms with Crippen molar-refractivity contribution in [1.82, 2.24) is 5.32 Å². The van der Waals surface area contributed by atoms with E-state index in [9.17, 15) is 9.59 Å². The van der Waals surface area contributed by atoms with Gasteiger partial charge in [-0.05, 0) is 38.8 Å². The number of ether oxygens (including phenoxy) is 1. The molecule has 0 radical (unpaired) electrons. The fourth-order valence-corrected chi connectivity index (χ4v) is 3.35. The van der Waals surface area contributed by atoms with Crippen LogP contribution in [0, 0.1) is 5.92 Å². The van der Waals surface area contributed by atoms with Gasteiger partial charge in [0.1, 0.15) is 5.00 Å². The Hall–Kier alpha value is -1.40. The molecule has 0 saturated carbocycles. The van der Waals surface area contributed by atoms with Gasteiger partial charge in [0.25, 0.3) is 0 Å². The number of nitrogens with one attached hydrogen (secondary N) is 2. The Bertz CT molecular complexity index is 507. The Morgan fingerprint density at radius 3 is 2.90 bits per heavy atom. The van der Waals surface area contributed by atoms with E-state index in [-0.39, 0.29) is 17.8 Å². The summed E-state index contributed by atoms with van der Waals surface area (Å²) < 4.78 is 5.06. The highest BCUT2D eigenvalue weighted by Gasteiger charge is 2.24. The second-order valence-corrected chi connectivity index (χ2v) is 6.20. The largest absolute Gasteiger partial charge is 0.462 e. The van der Waals surface area contributed by atoms with E-state index in [2.05, 4.69) is 10.6 Å². The molecule has 0 spiro atoms. The third kappa shape index (κ3) is 4.04. The molecule has 1 aromatic rings. The lowest BCUT2D eigenvalue weighted by Gasteiger charge is -2.21. The van der Waals surface area contributed by atoms with Crippen LogP contribution in [0.1, 0.15) is 41.9 Å². The molecule has 1 amide bonds. The van der Waals surface area contributed by atoms with E-state index >= 15 is 0 Å². The van der Waals surface area contributed by atoms with E-state index in [1.807, 2.05) is 13.0 Å². The zero-order valence-corrected chi connectivity index (χ0v) is 13.3. The first-order chi connectivity index (χ1) is 10.2. The lowest BCUT2D eigenvalue weighted by atomic mass is 9.99. The maximum Gasteiger partial charge on any atom is 0.341 e. The van der Waals surface area contributed by atoms with Crippen molar-refractivity contribution in [2.75, 3.05) is 25.0 Å². The second kappa shape index (κ2) is 7.56. The van der Waals surface area contributed by atoms with Crippen molar-refractivity contribution >= 4 is 28.2 Å². The Balaban J connectivity index is 2.12. The molecule has 0 bridgehead atoms. The van der Waals surface area contributed by atoms with Gasteiger partial charge in [-0.3, -0.25) is 4.79 Å². The van der Waals surface area contributed by atoms with Gasteiger partial charge in [0.2, 0.25) is 5.91 Å². The molecule has 2 N–H and O–H groups in total. The van der Waals surface area contributed by atoms with Gasteiger partial charge in [-0.25, -0.2) is 4.79 Å². The molecule has 0 aliphatic carbocycles. The van der Waals surface area contributed by atoms with Crippen LogP contribution in [0.25, 0.3) is 0 Å². The summed E-state index contributed by atoms with van der Waals surface area (Å²) in [4.78, 5) is 25.3. The topological polar surface area (TPSA) is 67.4 Å². The van der Waals surface area contributed by atoms with Crippen LogP contribution in [0.4, 0.5) is 5.00 Å². The zero-order chi connectivity index (χ0) is 15.2. The Morgan fingerprint density at radius 2 is 2.29 bits per heavy atom. The molecule has 1 aliphatic rings. The van der Waals surface area contributed by atoms with Gasteiger partial charge in [-0.2, -0.15) is 0 Å². The minimum Gasteiger partial charge on any atom is -0.462 e. The molecule has 1 aromatic heterocycles. The lowest BCUT2D eigenvalue weighted by Crippen LogP contribution is -2.37. The van der Waals surface area contributed by atoms with E-state index in [4.69, 9.17) is 4.74 Å². The number of aryl methyl sites for hydroxylation is 1. The van der Waals surface area contributed by atoms with Crippen molar-refractivity contribution in [2.45, 2.75) is 33.1 Å². The molecule has 0 aromatic carbocycles. The number of carbonyl (C=O) groups excluding carboxylic acids is 2. The normalized spacial score (nSPS) is 18.3. The fraction of sp³-hybridized carbons (Fsp3) is 0.600. The van der Waals surface area contributed by atoms with Gasteiger partial charge < -0.3 is 15.4 Å². The van der Waals surface area contributed by atoms with E-state index in [0.717, 1.165) is 30.7 Å². The number of thiophene rings is 1. The summed E-state index contributed by atoms with van der Waals surface area (Å²) in [6.45, 7) is 5.80.